The molecule has 2 rings (SSSR count). The standard InChI is InChI=1S/C13H18N2O2/c14-10-6-2-3-7-11(10)15-13(17)9-5-1-4-8-12(9)16/h1,4-5,8,10-11,16H,2-3,6-7,14H2,(H,15,17)/t10-,11-/m1/s1. The third kappa shape index (κ3) is 2.77. The van der Waals surface area contributed by atoms with Crippen molar-refractivity contribution in [2.24, 2.45) is 5.73 Å². The van der Waals surface area contributed by atoms with E-state index in [1.807, 2.05) is 0 Å². The van der Waals surface area contributed by atoms with Crippen LogP contribution in [0, 0.1) is 0 Å². The van der Waals surface area contributed by atoms with E-state index >= 15 is 0 Å². The van der Waals surface area contributed by atoms with Gasteiger partial charge < -0.3 is 16.2 Å². The van der Waals surface area contributed by atoms with E-state index in [4.69, 9.17) is 5.73 Å². The van der Waals surface area contributed by atoms with Crippen LogP contribution in [-0.4, -0.2) is 23.1 Å². The second-order valence-corrected chi connectivity index (χ2v) is 4.55. The van der Waals surface area contributed by atoms with Gasteiger partial charge in [0.15, 0.2) is 0 Å². The molecule has 0 aliphatic heterocycles. The molecule has 0 spiro atoms. The van der Waals surface area contributed by atoms with Gasteiger partial charge in [0, 0.05) is 12.1 Å². The summed E-state index contributed by atoms with van der Waals surface area (Å²) in [6.45, 7) is 0. The van der Waals surface area contributed by atoms with Crippen molar-refractivity contribution in [2.75, 3.05) is 0 Å². The fourth-order valence-electron chi connectivity index (χ4n) is 2.25. The van der Waals surface area contributed by atoms with Crippen LogP contribution >= 0.6 is 0 Å². The Bertz CT molecular complexity index is 406. The van der Waals surface area contributed by atoms with Crippen molar-refractivity contribution in [3.05, 3.63) is 29.8 Å². The fourth-order valence-corrected chi connectivity index (χ4v) is 2.25. The van der Waals surface area contributed by atoms with E-state index in [1.54, 1.807) is 18.2 Å². The number of aromatic hydroxyl groups is 1. The zero-order valence-electron chi connectivity index (χ0n) is 9.73. The number of carbonyl (C=O) groups is 1. The van der Waals surface area contributed by atoms with Crippen molar-refractivity contribution >= 4 is 5.91 Å². The van der Waals surface area contributed by atoms with Gasteiger partial charge in [0.1, 0.15) is 5.75 Å². The maximum Gasteiger partial charge on any atom is 0.255 e. The number of amides is 1. The van der Waals surface area contributed by atoms with Gasteiger partial charge >= 0.3 is 0 Å². The molecular weight excluding hydrogens is 216 g/mol. The predicted molar refractivity (Wildman–Crippen MR) is 65.8 cm³/mol. The molecule has 1 saturated carbocycles. The van der Waals surface area contributed by atoms with E-state index in [1.165, 1.54) is 6.07 Å². The molecule has 4 nitrogen and oxygen atoms in total. The van der Waals surface area contributed by atoms with Crippen LogP contribution in [0.5, 0.6) is 5.75 Å². The second kappa shape index (κ2) is 5.19. The van der Waals surface area contributed by atoms with Gasteiger partial charge in [-0.1, -0.05) is 25.0 Å². The first-order valence-corrected chi connectivity index (χ1v) is 6.03. The van der Waals surface area contributed by atoms with Gasteiger partial charge in [-0.25, -0.2) is 0 Å². The number of rotatable bonds is 2. The Balaban J connectivity index is 2.04. The molecule has 1 amide bonds. The number of phenolic OH excluding ortho intramolecular Hbond substituents is 1. The molecule has 0 unspecified atom stereocenters. The minimum Gasteiger partial charge on any atom is -0.507 e. The number of carbonyl (C=O) groups excluding carboxylic acids is 1. The maximum atomic E-state index is 12.0. The highest BCUT2D eigenvalue weighted by molar-refractivity contribution is 5.96. The van der Waals surface area contributed by atoms with Gasteiger partial charge in [-0.3, -0.25) is 4.79 Å². The van der Waals surface area contributed by atoms with Crippen LogP contribution in [-0.2, 0) is 0 Å². The molecule has 0 bridgehead atoms. The smallest absolute Gasteiger partial charge is 0.255 e. The lowest BCUT2D eigenvalue weighted by Gasteiger charge is -2.29. The Morgan fingerprint density at radius 1 is 1.29 bits per heavy atom. The van der Waals surface area contributed by atoms with Crippen molar-refractivity contribution in [1.29, 1.82) is 0 Å². The lowest BCUT2D eigenvalue weighted by atomic mass is 9.91. The third-order valence-electron chi connectivity index (χ3n) is 3.28. The normalized spacial score (nSPS) is 24.3. The SMILES string of the molecule is N[C@@H]1CCCC[C@H]1NC(=O)c1ccccc1O. The number of nitrogens with two attached hydrogens (primary N) is 1. The number of nitrogens with one attached hydrogen (secondary N) is 1. The average Bonchev–Trinajstić information content (AvgIpc) is 2.32. The predicted octanol–water partition coefficient (Wildman–Crippen LogP) is 1.39. The topological polar surface area (TPSA) is 75.3 Å². The van der Waals surface area contributed by atoms with Crippen molar-refractivity contribution in [1.82, 2.24) is 5.32 Å². The summed E-state index contributed by atoms with van der Waals surface area (Å²) in [7, 11) is 0. The van der Waals surface area contributed by atoms with Crippen LogP contribution in [0.15, 0.2) is 24.3 Å². The molecule has 0 radical (unpaired) electrons. The molecule has 1 fully saturated rings. The number of hydrogen-bond donors (Lipinski definition) is 3. The molecule has 17 heavy (non-hydrogen) atoms. The largest absolute Gasteiger partial charge is 0.507 e. The summed E-state index contributed by atoms with van der Waals surface area (Å²) in [6, 6.07) is 6.59. The minimum atomic E-state index is -0.245. The zero-order chi connectivity index (χ0) is 12.3. The van der Waals surface area contributed by atoms with Crippen LogP contribution in [0.25, 0.3) is 0 Å². The summed E-state index contributed by atoms with van der Waals surface area (Å²) < 4.78 is 0. The van der Waals surface area contributed by atoms with Crippen LogP contribution in [0.4, 0.5) is 0 Å². The highest BCUT2D eigenvalue weighted by atomic mass is 16.3. The van der Waals surface area contributed by atoms with E-state index < -0.39 is 0 Å². The Morgan fingerprint density at radius 2 is 2.00 bits per heavy atom. The first kappa shape index (κ1) is 11.9. The Kier molecular flexibility index (Phi) is 3.64. The maximum absolute atomic E-state index is 12.0. The van der Waals surface area contributed by atoms with Crippen molar-refractivity contribution in [3.8, 4) is 5.75 Å². The Morgan fingerprint density at radius 3 is 2.71 bits per heavy atom. The van der Waals surface area contributed by atoms with Crippen molar-refractivity contribution < 1.29 is 9.90 Å². The molecule has 1 aliphatic carbocycles. The lowest BCUT2D eigenvalue weighted by molar-refractivity contribution is 0.0918. The molecule has 1 aromatic rings. The summed E-state index contributed by atoms with van der Waals surface area (Å²) in [6.07, 6.45) is 4.09. The van der Waals surface area contributed by atoms with Crippen LogP contribution in [0.2, 0.25) is 0 Å². The van der Waals surface area contributed by atoms with Gasteiger partial charge in [0.2, 0.25) is 0 Å². The molecule has 0 aromatic heterocycles. The first-order valence-electron chi connectivity index (χ1n) is 6.03. The van der Waals surface area contributed by atoms with Gasteiger partial charge in [-0.2, -0.15) is 0 Å². The molecule has 4 heteroatoms. The summed E-state index contributed by atoms with van der Waals surface area (Å²) in [5, 5.41) is 12.5. The van der Waals surface area contributed by atoms with E-state index in [9.17, 15) is 9.90 Å². The molecule has 0 saturated heterocycles. The highest BCUT2D eigenvalue weighted by Crippen LogP contribution is 2.19. The van der Waals surface area contributed by atoms with E-state index in [0.29, 0.717) is 5.56 Å². The quantitative estimate of drug-likeness (QED) is 0.724. The Labute approximate surface area is 101 Å². The monoisotopic (exact) mass is 234 g/mol. The molecule has 0 heterocycles. The minimum absolute atomic E-state index is 0.00869. The van der Waals surface area contributed by atoms with Crippen LogP contribution in [0.3, 0.4) is 0 Å². The number of benzene rings is 1. The second-order valence-electron chi connectivity index (χ2n) is 4.55. The van der Waals surface area contributed by atoms with E-state index in [2.05, 4.69) is 5.32 Å². The number of hydrogen-bond acceptors (Lipinski definition) is 3. The average molecular weight is 234 g/mol. The number of phenols is 1. The van der Waals surface area contributed by atoms with Crippen molar-refractivity contribution in [2.45, 2.75) is 37.8 Å². The lowest BCUT2D eigenvalue weighted by Crippen LogP contribution is -2.49. The zero-order valence-corrected chi connectivity index (χ0v) is 9.73. The van der Waals surface area contributed by atoms with Crippen LogP contribution in [0.1, 0.15) is 36.0 Å². The summed E-state index contributed by atoms with van der Waals surface area (Å²) in [4.78, 5) is 12.0. The van der Waals surface area contributed by atoms with Gasteiger partial charge in [-0.05, 0) is 25.0 Å². The summed E-state index contributed by atoms with van der Waals surface area (Å²) in [5.41, 5.74) is 6.28. The third-order valence-corrected chi connectivity index (χ3v) is 3.28. The molecule has 4 N–H and O–H groups in total. The number of para-hydroxylation sites is 1. The van der Waals surface area contributed by atoms with E-state index in [0.717, 1.165) is 25.7 Å². The molecule has 92 valence electrons. The fraction of sp³-hybridized carbons (Fsp3) is 0.462. The first-order chi connectivity index (χ1) is 8.18. The summed E-state index contributed by atoms with van der Waals surface area (Å²) in [5.74, 6) is -0.236. The molecular formula is C13H18N2O2. The van der Waals surface area contributed by atoms with Gasteiger partial charge in [0.25, 0.3) is 5.91 Å². The van der Waals surface area contributed by atoms with Crippen LogP contribution < -0.4 is 11.1 Å². The molecule has 2 atom stereocenters. The van der Waals surface area contributed by atoms with Gasteiger partial charge in [-0.15, -0.1) is 0 Å². The summed E-state index contributed by atoms with van der Waals surface area (Å²) >= 11 is 0. The Hall–Kier alpha value is -1.55. The van der Waals surface area contributed by atoms with Crippen molar-refractivity contribution in [3.63, 3.8) is 0 Å². The van der Waals surface area contributed by atoms with E-state index in [-0.39, 0.29) is 23.7 Å². The molecule has 1 aromatic carbocycles. The molecule has 1 aliphatic rings. The van der Waals surface area contributed by atoms with Gasteiger partial charge in [0.05, 0.1) is 5.56 Å². The highest BCUT2D eigenvalue weighted by Gasteiger charge is 2.24.